The van der Waals surface area contributed by atoms with Crippen LogP contribution in [0.15, 0.2) is 18.2 Å². The van der Waals surface area contributed by atoms with Crippen LogP contribution in [0.4, 0.5) is 5.69 Å². The van der Waals surface area contributed by atoms with E-state index in [-0.39, 0.29) is 18.6 Å². The Morgan fingerprint density at radius 2 is 2.14 bits per heavy atom. The van der Waals surface area contributed by atoms with Gasteiger partial charge in [0.25, 0.3) is 0 Å². The van der Waals surface area contributed by atoms with Crippen molar-refractivity contribution in [3.63, 3.8) is 0 Å². The molecule has 21 heavy (non-hydrogen) atoms. The molecule has 2 aliphatic rings. The Balaban J connectivity index is 1.97. The van der Waals surface area contributed by atoms with Gasteiger partial charge in [-0.05, 0) is 56.5 Å². The van der Waals surface area contributed by atoms with Gasteiger partial charge in [0, 0.05) is 29.9 Å². The molecule has 1 aromatic rings. The van der Waals surface area contributed by atoms with Crippen LogP contribution in [0.1, 0.15) is 35.2 Å². The molecule has 0 aromatic heterocycles. The van der Waals surface area contributed by atoms with Gasteiger partial charge in [-0.3, -0.25) is 4.79 Å². The highest BCUT2D eigenvalue weighted by molar-refractivity contribution is 5.96. The number of nitrogens with one attached hydrogen (secondary N) is 1. The van der Waals surface area contributed by atoms with Gasteiger partial charge in [-0.15, -0.1) is 0 Å². The Hall–Kier alpha value is -1.59. The predicted octanol–water partition coefficient (Wildman–Crippen LogP) is 0.651. The van der Waals surface area contributed by atoms with Crippen LogP contribution in [0.2, 0.25) is 0 Å². The number of rotatable bonds is 4. The number of primary amides is 1. The van der Waals surface area contributed by atoms with E-state index in [4.69, 9.17) is 5.73 Å². The van der Waals surface area contributed by atoms with Gasteiger partial charge in [-0.1, -0.05) is 6.07 Å². The van der Waals surface area contributed by atoms with Crippen LogP contribution in [0.3, 0.4) is 0 Å². The van der Waals surface area contributed by atoms with E-state index in [2.05, 4.69) is 16.3 Å². The lowest BCUT2D eigenvalue weighted by molar-refractivity contribution is 0.0999. The fraction of sp³-hybridized carbons (Fsp3) is 0.562. The molecule has 5 heteroatoms. The molecule has 0 aliphatic carbocycles. The van der Waals surface area contributed by atoms with Gasteiger partial charge in [0.1, 0.15) is 0 Å². The molecule has 2 heterocycles. The normalized spacial score (nSPS) is 22.3. The molecule has 3 rings (SSSR count). The lowest BCUT2D eigenvalue weighted by Crippen LogP contribution is -2.47. The van der Waals surface area contributed by atoms with E-state index in [0.717, 1.165) is 50.0 Å². The molecule has 0 spiro atoms. The number of nitrogens with zero attached hydrogens (tertiary/aromatic N) is 1. The zero-order valence-corrected chi connectivity index (χ0v) is 12.2. The number of piperidine rings is 1. The smallest absolute Gasteiger partial charge is 0.249 e. The lowest BCUT2D eigenvalue weighted by atomic mass is 10.0. The van der Waals surface area contributed by atoms with Crippen molar-refractivity contribution in [1.29, 1.82) is 0 Å². The van der Waals surface area contributed by atoms with E-state index in [0.29, 0.717) is 11.6 Å². The summed E-state index contributed by atoms with van der Waals surface area (Å²) in [6, 6.07) is 6.55. The monoisotopic (exact) mass is 289 g/mol. The fourth-order valence-electron chi connectivity index (χ4n) is 3.76. The number of hydrogen-bond donors (Lipinski definition) is 3. The lowest BCUT2D eigenvalue weighted by Gasteiger charge is -2.38. The molecule has 1 saturated heterocycles. The number of carbonyl (C=O) groups is 1. The van der Waals surface area contributed by atoms with Crippen molar-refractivity contribution in [1.82, 2.24) is 5.32 Å². The number of fused-ring (bicyclic) bond motifs is 1. The molecule has 0 radical (unpaired) electrons. The number of hydrogen-bond acceptors (Lipinski definition) is 4. The largest absolute Gasteiger partial charge is 0.396 e. The molecule has 4 N–H and O–H groups in total. The van der Waals surface area contributed by atoms with Gasteiger partial charge in [-0.25, -0.2) is 0 Å². The summed E-state index contributed by atoms with van der Waals surface area (Å²) in [4.78, 5) is 14.1. The summed E-state index contributed by atoms with van der Waals surface area (Å²) in [7, 11) is 0. The topological polar surface area (TPSA) is 78.6 Å². The average Bonchev–Trinajstić information content (AvgIpc) is 2.86. The Morgan fingerprint density at radius 1 is 1.38 bits per heavy atom. The molecule has 1 aromatic carbocycles. The first-order valence-corrected chi connectivity index (χ1v) is 7.74. The number of aliphatic hydroxyl groups is 1. The summed E-state index contributed by atoms with van der Waals surface area (Å²) in [5.41, 5.74) is 8.34. The Morgan fingerprint density at radius 3 is 2.81 bits per heavy atom. The third kappa shape index (κ3) is 2.63. The van der Waals surface area contributed by atoms with E-state index in [1.54, 1.807) is 0 Å². The first-order chi connectivity index (χ1) is 10.2. The average molecular weight is 289 g/mol. The molecule has 5 nitrogen and oxygen atoms in total. The van der Waals surface area contributed by atoms with Crippen molar-refractivity contribution < 1.29 is 9.90 Å². The second-order valence-corrected chi connectivity index (χ2v) is 5.93. The summed E-state index contributed by atoms with van der Waals surface area (Å²) in [5, 5.41) is 12.8. The Bertz CT molecular complexity index is 526. The number of aliphatic hydroxyl groups excluding tert-OH is 1. The number of anilines is 1. The SMILES string of the molecule is NC(=O)c1cccc2c1CC(CCO)N2C1CCNCC1. The van der Waals surface area contributed by atoms with Crippen LogP contribution in [0.25, 0.3) is 0 Å². The highest BCUT2D eigenvalue weighted by Gasteiger charge is 2.36. The van der Waals surface area contributed by atoms with Crippen LogP contribution >= 0.6 is 0 Å². The summed E-state index contributed by atoms with van der Waals surface area (Å²) >= 11 is 0. The minimum Gasteiger partial charge on any atom is -0.396 e. The van der Waals surface area contributed by atoms with Gasteiger partial charge in [0.05, 0.1) is 0 Å². The maximum atomic E-state index is 11.7. The van der Waals surface area contributed by atoms with E-state index < -0.39 is 0 Å². The van der Waals surface area contributed by atoms with Crippen molar-refractivity contribution in [2.75, 3.05) is 24.6 Å². The molecule has 1 atom stereocenters. The van der Waals surface area contributed by atoms with Crippen molar-refractivity contribution in [2.45, 2.75) is 37.8 Å². The molecule has 1 fully saturated rings. The summed E-state index contributed by atoms with van der Waals surface area (Å²) < 4.78 is 0. The third-order valence-electron chi connectivity index (χ3n) is 4.69. The minimum absolute atomic E-state index is 0.173. The fourth-order valence-corrected chi connectivity index (χ4v) is 3.76. The maximum Gasteiger partial charge on any atom is 0.249 e. The van der Waals surface area contributed by atoms with Crippen molar-refractivity contribution in [3.05, 3.63) is 29.3 Å². The highest BCUT2D eigenvalue weighted by atomic mass is 16.3. The molecule has 1 amide bonds. The van der Waals surface area contributed by atoms with Crippen molar-refractivity contribution >= 4 is 11.6 Å². The standard InChI is InChI=1S/C16H23N3O2/c17-16(21)13-2-1-3-15-14(13)10-12(6-9-20)19(15)11-4-7-18-8-5-11/h1-3,11-12,18,20H,4-10H2,(H2,17,21). The first kappa shape index (κ1) is 14.4. The van der Waals surface area contributed by atoms with Gasteiger partial charge >= 0.3 is 0 Å². The first-order valence-electron chi connectivity index (χ1n) is 7.74. The number of benzene rings is 1. The molecule has 2 aliphatic heterocycles. The second-order valence-electron chi connectivity index (χ2n) is 5.93. The van der Waals surface area contributed by atoms with Gasteiger partial charge < -0.3 is 21.1 Å². The molecular weight excluding hydrogens is 266 g/mol. The summed E-state index contributed by atoms with van der Waals surface area (Å²) in [6.07, 6.45) is 3.74. The van der Waals surface area contributed by atoms with Crippen LogP contribution in [-0.2, 0) is 6.42 Å². The van der Waals surface area contributed by atoms with Gasteiger partial charge in [0.15, 0.2) is 0 Å². The molecular formula is C16H23N3O2. The highest BCUT2D eigenvalue weighted by Crippen LogP contribution is 2.38. The predicted molar refractivity (Wildman–Crippen MR) is 82.5 cm³/mol. The number of nitrogens with two attached hydrogens (primary N) is 1. The molecule has 1 unspecified atom stereocenters. The second kappa shape index (κ2) is 6.03. The molecule has 114 valence electrons. The Kier molecular flexibility index (Phi) is 4.12. The number of amides is 1. The van der Waals surface area contributed by atoms with Crippen molar-refractivity contribution in [3.8, 4) is 0 Å². The van der Waals surface area contributed by atoms with E-state index >= 15 is 0 Å². The van der Waals surface area contributed by atoms with E-state index in [1.165, 1.54) is 0 Å². The minimum atomic E-state index is -0.359. The Labute approximate surface area is 125 Å². The quantitative estimate of drug-likeness (QED) is 0.760. The van der Waals surface area contributed by atoms with Crippen LogP contribution in [-0.4, -0.2) is 42.8 Å². The van der Waals surface area contributed by atoms with E-state index in [1.807, 2.05) is 12.1 Å². The van der Waals surface area contributed by atoms with Crippen LogP contribution < -0.4 is 16.0 Å². The third-order valence-corrected chi connectivity index (χ3v) is 4.69. The maximum absolute atomic E-state index is 11.7. The molecule has 0 bridgehead atoms. The molecule has 0 saturated carbocycles. The van der Waals surface area contributed by atoms with Crippen LogP contribution in [0, 0.1) is 0 Å². The summed E-state index contributed by atoms with van der Waals surface area (Å²) in [5.74, 6) is -0.359. The zero-order chi connectivity index (χ0) is 14.8. The summed E-state index contributed by atoms with van der Waals surface area (Å²) in [6.45, 7) is 2.22. The van der Waals surface area contributed by atoms with Gasteiger partial charge in [0.2, 0.25) is 5.91 Å². The number of carbonyl (C=O) groups excluding carboxylic acids is 1. The van der Waals surface area contributed by atoms with E-state index in [9.17, 15) is 9.90 Å². The zero-order valence-electron chi connectivity index (χ0n) is 12.2. The van der Waals surface area contributed by atoms with Crippen LogP contribution in [0.5, 0.6) is 0 Å². The van der Waals surface area contributed by atoms with Gasteiger partial charge in [-0.2, -0.15) is 0 Å². The van der Waals surface area contributed by atoms with Crippen molar-refractivity contribution in [2.24, 2.45) is 5.73 Å².